The van der Waals surface area contributed by atoms with Gasteiger partial charge in [0, 0.05) is 11.3 Å². The number of hydrogen-bond donors (Lipinski definition) is 2. The zero-order valence-electron chi connectivity index (χ0n) is 16.3. The third kappa shape index (κ3) is 5.42. The van der Waals surface area contributed by atoms with E-state index in [1.54, 1.807) is 18.2 Å². The summed E-state index contributed by atoms with van der Waals surface area (Å²) in [6.07, 6.45) is -0.986. The normalized spacial score (nSPS) is 11.5. The van der Waals surface area contributed by atoms with Crippen LogP contribution in [0, 0.1) is 6.92 Å². The highest BCUT2D eigenvalue weighted by atomic mass is 16.5. The average Bonchev–Trinajstić information content (AvgIpc) is 2.71. The first kappa shape index (κ1) is 20.1. The molecule has 148 valence electrons. The molecule has 0 bridgehead atoms. The van der Waals surface area contributed by atoms with Crippen molar-refractivity contribution in [2.75, 3.05) is 11.9 Å². The summed E-state index contributed by atoms with van der Waals surface area (Å²) in [5.74, 6) is -1.51. The maximum atomic E-state index is 12.3. The third-order valence-corrected chi connectivity index (χ3v) is 4.37. The lowest BCUT2D eigenvalue weighted by Gasteiger charge is -2.14. The zero-order chi connectivity index (χ0) is 20.8. The van der Waals surface area contributed by atoms with Gasteiger partial charge in [-0.05, 0) is 54.4 Å². The van der Waals surface area contributed by atoms with Crippen LogP contribution >= 0.6 is 0 Å². The molecule has 3 rings (SSSR count). The SMILES string of the molecule is Cc1cccc(NC(=O)C(C)OC(=O)CNC(=O)c2ccc3ccccc3c2)c1. The Morgan fingerprint density at radius 2 is 1.69 bits per heavy atom. The fourth-order valence-electron chi connectivity index (χ4n) is 2.84. The Labute approximate surface area is 168 Å². The second-order valence-electron chi connectivity index (χ2n) is 6.74. The summed E-state index contributed by atoms with van der Waals surface area (Å²) in [6, 6.07) is 20.3. The van der Waals surface area contributed by atoms with E-state index in [0.717, 1.165) is 16.3 Å². The molecule has 2 N–H and O–H groups in total. The molecule has 0 saturated carbocycles. The highest BCUT2D eigenvalue weighted by Crippen LogP contribution is 2.15. The largest absolute Gasteiger partial charge is 0.451 e. The molecule has 0 aliphatic rings. The lowest BCUT2D eigenvalue weighted by Crippen LogP contribution is -2.35. The van der Waals surface area contributed by atoms with Crippen LogP contribution < -0.4 is 10.6 Å². The molecule has 0 aliphatic heterocycles. The molecule has 3 aromatic carbocycles. The number of esters is 1. The standard InChI is InChI=1S/C23H22N2O4/c1-15-6-5-9-20(12-15)25-22(27)16(2)29-21(26)14-24-23(28)19-11-10-17-7-3-4-8-18(17)13-19/h3-13,16H,14H2,1-2H3,(H,24,28)(H,25,27). The van der Waals surface area contributed by atoms with Crippen molar-refractivity contribution >= 4 is 34.2 Å². The Morgan fingerprint density at radius 3 is 2.45 bits per heavy atom. The zero-order valence-corrected chi connectivity index (χ0v) is 16.3. The van der Waals surface area contributed by atoms with E-state index >= 15 is 0 Å². The van der Waals surface area contributed by atoms with Gasteiger partial charge in [-0.2, -0.15) is 0 Å². The number of nitrogens with one attached hydrogen (secondary N) is 2. The molecule has 6 heteroatoms. The monoisotopic (exact) mass is 390 g/mol. The summed E-state index contributed by atoms with van der Waals surface area (Å²) in [5.41, 5.74) is 2.08. The minimum Gasteiger partial charge on any atom is -0.451 e. The van der Waals surface area contributed by atoms with Crippen molar-refractivity contribution in [3.63, 3.8) is 0 Å². The van der Waals surface area contributed by atoms with Gasteiger partial charge in [-0.15, -0.1) is 0 Å². The van der Waals surface area contributed by atoms with Gasteiger partial charge in [0.1, 0.15) is 6.54 Å². The van der Waals surface area contributed by atoms with Gasteiger partial charge in [-0.25, -0.2) is 0 Å². The minimum atomic E-state index is -0.986. The maximum absolute atomic E-state index is 12.3. The molecule has 0 heterocycles. The number of fused-ring (bicyclic) bond motifs is 1. The lowest BCUT2D eigenvalue weighted by molar-refractivity contribution is -0.152. The number of benzene rings is 3. The van der Waals surface area contributed by atoms with Crippen LogP contribution in [0.2, 0.25) is 0 Å². The summed E-state index contributed by atoms with van der Waals surface area (Å²) >= 11 is 0. The number of carbonyl (C=O) groups excluding carboxylic acids is 3. The molecular weight excluding hydrogens is 368 g/mol. The van der Waals surface area contributed by atoms with E-state index in [1.807, 2.05) is 55.5 Å². The van der Waals surface area contributed by atoms with Gasteiger partial charge in [0.05, 0.1) is 0 Å². The Kier molecular flexibility index (Phi) is 6.24. The number of aryl methyl sites for hydroxylation is 1. The smallest absolute Gasteiger partial charge is 0.326 e. The summed E-state index contributed by atoms with van der Waals surface area (Å²) in [4.78, 5) is 36.5. The van der Waals surface area contributed by atoms with E-state index in [1.165, 1.54) is 6.92 Å². The second kappa shape index (κ2) is 9.01. The fourth-order valence-corrected chi connectivity index (χ4v) is 2.84. The molecule has 1 unspecified atom stereocenters. The molecule has 0 aliphatic carbocycles. The van der Waals surface area contributed by atoms with Crippen LogP contribution in [0.15, 0.2) is 66.7 Å². The van der Waals surface area contributed by atoms with E-state index in [9.17, 15) is 14.4 Å². The molecule has 0 aromatic heterocycles. The van der Waals surface area contributed by atoms with Crippen LogP contribution in [0.3, 0.4) is 0 Å². The number of rotatable bonds is 6. The number of hydrogen-bond acceptors (Lipinski definition) is 4. The van der Waals surface area contributed by atoms with Crippen molar-refractivity contribution < 1.29 is 19.1 Å². The quantitative estimate of drug-likeness (QED) is 0.632. The number of anilines is 1. The molecule has 0 fully saturated rings. The van der Waals surface area contributed by atoms with E-state index in [-0.39, 0.29) is 12.5 Å². The molecule has 0 spiro atoms. The van der Waals surface area contributed by atoms with Crippen LogP contribution in [0.4, 0.5) is 5.69 Å². The first-order valence-electron chi connectivity index (χ1n) is 9.26. The van der Waals surface area contributed by atoms with Crippen molar-refractivity contribution in [3.05, 3.63) is 77.9 Å². The molecule has 0 radical (unpaired) electrons. The molecular formula is C23H22N2O4. The van der Waals surface area contributed by atoms with E-state index < -0.39 is 18.0 Å². The summed E-state index contributed by atoms with van der Waals surface area (Å²) in [7, 11) is 0. The molecule has 3 aromatic rings. The molecule has 1 atom stereocenters. The Hall–Kier alpha value is -3.67. The summed E-state index contributed by atoms with van der Waals surface area (Å²) < 4.78 is 5.11. The predicted molar refractivity (Wildman–Crippen MR) is 112 cm³/mol. The molecule has 0 saturated heterocycles. The van der Waals surface area contributed by atoms with E-state index in [0.29, 0.717) is 11.3 Å². The van der Waals surface area contributed by atoms with Gasteiger partial charge in [0.2, 0.25) is 0 Å². The molecule has 6 nitrogen and oxygen atoms in total. The second-order valence-corrected chi connectivity index (χ2v) is 6.74. The summed E-state index contributed by atoms with van der Waals surface area (Å²) in [6.45, 7) is 3.07. The lowest BCUT2D eigenvalue weighted by atomic mass is 10.1. The van der Waals surface area contributed by atoms with Gasteiger partial charge >= 0.3 is 5.97 Å². The maximum Gasteiger partial charge on any atom is 0.326 e. The third-order valence-electron chi connectivity index (χ3n) is 4.37. The topological polar surface area (TPSA) is 84.5 Å². The van der Waals surface area contributed by atoms with Gasteiger partial charge in [-0.3, -0.25) is 14.4 Å². The van der Waals surface area contributed by atoms with Crippen molar-refractivity contribution in [1.82, 2.24) is 5.32 Å². The van der Waals surface area contributed by atoms with Crippen molar-refractivity contribution in [3.8, 4) is 0 Å². The average molecular weight is 390 g/mol. The Balaban J connectivity index is 1.50. The van der Waals surface area contributed by atoms with Crippen molar-refractivity contribution in [2.45, 2.75) is 20.0 Å². The van der Waals surface area contributed by atoms with E-state index in [4.69, 9.17) is 4.74 Å². The van der Waals surface area contributed by atoms with Gasteiger partial charge < -0.3 is 15.4 Å². The Morgan fingerprint density at radius 1 is 0.931 bits per heavy atom. The highest BCUT2D eigenvalue weighted by molar-refractivity contribution is 6.00. The van der Waals surface area contributed by atoms with Crippen LogP contribution in [0.5, 0.6) is 0 Å². The van der Waals surface area contributed by atoms with Gasteiger partial charge in [0.25, 0.3) is 11.8 Å². The van der Waals surface area contributed by atoms with Gasteiger partial charge in [-0.1, -0.05) is 42.5 Å². The molecule has 29 heavy (non-hydrogen) atoms. The van der Waals surface area contributed by atoms with E-state index in [2.05, 4.69) is 10.6 Å². The number of carbonyl (C=O) groups is 3. The van der Waals surface area contributed by atoms with Gasteiger partial charge in [0.15, 0.2) is 6.10 Å². The minimum absolute atomic E-state index is 0.326. The number of ether oxygens (including phenoxy) is 1. The van der Waals surface area contributed by atoms with Crippen molar-refractivity contribution in [1.29, 1.82) is 0 Å². The predicted octanol–water partition coefficient (Wildman–Crippen LogP) is 3.45. The Bertz CT molecular complexity index is 1060. The van der Waals surface area contributed by atoms with Crippen LogP contribution in [-0.4, -0.2) is 30.4 Å². The summed E-state index contributed by atoms with van der Waals surface area (Å²) in [5, 5.41) is 7.17. The van der Waals surface area contributed by atoms with Crippen LogP contribution in [0.1, 0.15) is 22.8 Å². The van der Waals surface area contributed by atoms with Crippen molar-refractivity contribution in [2.24, 2.45) is 0 Å². The van der Waals surface area contributed by atoms with Crippen LogP contribution in [-0.2, 0) is 14.3 Å². The molecule has 2 amide bonds. The first-order valence-corrected chi connectivity index (χ1v) is 9.26. The highest BCUT2D eigenvalue weighted by Gasteiger charge is 2.18. The fraction of sp³-hybridized carbons (Fsp3) is 0.174. The number of amides is 2. The van der Waals surface area contributed by atoms with Crippen LogP contribution in [0.25, 0.3) is 10.8 Å². The first-order chi connectivity index (χ1) is 13.9.